The molecule has 4 amide bonds. The summed E-state index contributed by atoms with van der Waals surface area (Å²) in [4.78, 5) is 102. The number of ketones is 4. The van der Waals surface area contributed by atoms with Crippen molar-refractivity contribution >= 4 is 46.8 Å². The second-order valence-corrected chi connectivity index (χ2v) is 25.8. The van der Waals surface area contributed by atoms with E-state index in [4.69, 9.17) is 11.5 Å². The molecule has 510 valence electrons. The van der Waals surface area contributed by atoms with Crippen molar-refractivity contribution in [2.75, 3.05) is 183 Å². The van der Waals surface area contributed by atoms with E-state index in [9.17, 15) is 38.4 Å². The number of Topliss-reactive ketones (excluding diaryl/α,β-unsaturated/α-hetero) is 4. The van der Waals surface area contributed by atoms with Crippen LogP contribution in [0.2, 0.25) is 0 Å². The molecule has 10 N–H and O–H groups in total. The zero-order valence-electron chi connectivity index (χ0n) is 58.1. The molecule has 22 heteroatoms. The summed E-state index contributed by atoms with van der Waals surface area (Å²) in [6.45, 7) is 56.8. The monoisotopic (exact) mass is 1240 g/mol. The van der Waals surface area contributed by atoms with E-state index in [0.29, 0.717) is 61.1 Å². The predicted molar refractivity (Wildman–Crippen MR) is 356 cm³/mol. The summed E-state index contributed by atoms with van der Waals surface area (Å²) in [5.41, 5.74) is 10.2. The maximum Gasteiger partial charge on any atom is 0.225 e. The molecular weight excluding hydrogens is 1100 g/mol. The van der Waals surface area contributed by atoms with Crippen LogP contribution in [0.15, 0.2) is 0 Å². The minimum Gasteiger partial charge on any atom is -0.340 e. The summed E-state index contributed by atoms with van der Waals surface area (Å²) in [5, 5.41) is 19.5. The van der Waals surface area contributed by atoms with Gasteiger partial charge >= 0.3 is 0 Å². The smallest absolute Gasteiger partial charge is 0.225 e. The number of nitrogens with two attached hydrogens (primary N) is 2. The number of rotatable bonds is 19. The van der Waals surface area contributed by atoms with Gasteiger partial charge in [0.25, 0.3) is 0 Å². The van der Waals surface area contributed by atoms with E-state index in [-0.39, 0.29) is 65.4 Å². The van der Waals surface area contributed by atoms with Gasteiger partial charge in [-0.1, -0.05) is 111 Å². The van der Waals surface area contributed by atoms with Crippen LogP contribution in [0.1, 0.15) is 143 Å². The van der Waals surface area contributed by atoms with Crippen LogP contribution >= 0.6 is 0 Å². The van der Waals surface area contributed by atoms with Crippen molar-refractivity contribution in [3.63, 3.8) is 0 Å². The zero-order chi connectivity index (χ0) is 66.3. The number of piperazine rings is 6. The lowest BCUT2D eigenvalue weighted by atomic mass is 10.1. The molecule has 0 aliphatic carbocycles. The second kappa shape index (κ2) is 52.9. The first-order valence-electron chi connectivity index (χ1n) is 33.4. The third-order valence-corrected chi connectivity index (χ3v) is 14.9. The van der Waals surface area contributed by atoms with Crippen LogP contribution in [0, 0.1) is 47.3 Å². The van der Waals surface area contributed by atoms with Crippen molar-refractivity contribution in [3.8, 4) is 0 Å². The Kier molecular flexibility index (Phi) is 51.8. The van der Waals surface area contributed by atoms with Crippen LogP contribution < -0.4 is 43.4 Å². The Bertz CT molecular complexity index is 1780. The quantitative estimate of drug-likeness (QED) is 0.0923. The van der Waals surface area contributed by atoms with E-state index >= 15 is 0 Å². The fourth-order valence-electron chi connectivity index (χ4n) is 8.81. The number of carbonyl (C=O) groups excluding carboxylic acids is 8. The number of nitrogens with one attached hydrogen (secondary N) is 6. The lowest BCUT2D eigenvalue weighted by molar-refractivity contribution is -0.135. The van der Waals surface area contributed by atoms with E-state index in [0.717, 1.165) is 183 Å². The van der Waals surface area contributed by atoms with Crippen LogP contribution in [0.5, 0.6) is 0 Å². The molecule has 6 saturated heterocycles. The molecule has 6 fully saturated rings. The molecule has 0 aromatic carbocycles. The number of carbonyl (C=O) groups is 8. The van der Waals surface area contributed by atoms with Crippen LogP contribution in [0.3, 0.4) is 0 Å². The Labute approximate surface area is 529 Å². The van der Waals surface area contributed by atoms with Gasteiger partial charge in [0.05, 0.1) is 13.1 Å². The van der Waals surface area contributed by atoms with Gasteiger partial charge in [-0.05, 0) is 24.8 Å². The first-order chi connectivity index (χ1) is 41.1. The van der Waals surface area contributed by atoms with Crippen LogP contribution in [0.4, 0.5) is 0 Å². The molecule has 0 radical (unpaired) electrons. The fourth-order valence-corrected chi connectivity index (χ4v) is 8.81. The SMILES string of the molecule is CC(C)C(=O)CCN.CC(C)C(=O)CCN1CCNCC1.CC(C)C(=O)CN.CC(C)C(=O)CN1CCNCC1.CC(C)C(=O)N1CCNCC1.CC(C)C(=O)N1CCNCC1.CC(C)CC(=O)N1CCNCC1.CC(C)CCC(=O)N1CCNCC1. The molecule has 0 aromatic rings. The van der Waals surface area contributed by atoms with Crippen LogP contribution in [-0.2, 0) is 38.4 Å². The average molecular weight is 1240 g/mol. The molecular formula is C65H132N14O8. The van der Waals surface area contributed by atoms with Gasteiger partial charge in [0.1, 0.15) is 23.1 Å². The molecule has 0 bridgehead atoms. The molecule has 0 spiro atoms. The minimum atomic E-state index is 0.102. The molecule has 6 rings (SSSR count). The van der Waals surface area contributed by atoms with Crippen LogP contribution in [-0.4, -0.2) is 259 Å². The first kappa shape index (κ1) is 85.2. The topological polar surface area (TPSA) is 280 Å². The normalized spacial score (nSPS) is 17.4. The number of nitrogens with zero attached hydrogens (tertiary/aromatic N) is 6. The summed E-state index contributed by atoms with van der Waals surface area (Å²) < 4.78 is 0. The van der Waals surface area contributed by atoms with E-state index in [1.807, 2.05) is 103 Å². The molecule has 6 aliphatic rings. The number of amides is 4. The van der Waals surface area contributed by atoms with Gasteiger partial charge in [-0.3, -0.25) is 43.3 Å². The van der Waals surface area contributed by atoms with Gasteiger partial charge < -0.3 is 67.9 Å². The standard InChI is InChI=1S/2C10H20N2O.2C9H18N2O.2C8H16N2O.C6H13NO.C5H11NO/c1-9(2)10(13)3-6-12-7-4-11-5-8-12;1-9(2)3-4-10(13)12-7-5-11-6-8-12;1-8(2)9(12)7-11-5-3-10-4-6-11;1-8(2)7-9(12)11-5-3-10-4-6-11;2*1-7(2)8(11)10-5-3-9-4-6-10;1-5(2)6(8)3-4-7;1-4(2)5(7)3-6/h2*9,11H,3-8H2,1-2H3;2*8,10H,3-7H2,1-2H3;2*7,9H,3-6H2,1-2H3;5H,3-4,7H2,1-2H3;4H,3,6H2,1-2H3. The van der Waals surface area contributed by atoms with Crippen molar-refractivity contribution in [3.05, 3.63) is 0 Å². The van der Waals surface area contributed by atoms with Crippen molar-refractivity contribution in [1.82, 2.24) is 61.3 Å². The van der Waals surface area contributed by atoms with Gasteiger partial charge in [-0.25, -0.2) is 0 Å². The Balaban J connectivity index is 0. The third kappa shape index (κ3) is 46.0. The molecule has 0 unspecified atom stereocenters. The van der Waals surface area contributed by atoms with Crippen molar-refractivity contribution in [2.24, 2.45) is 58.8 Å². The number of hydrogen-bond donors (Lipinski definition) is 8. The first-order valence-corrected chi connectivity index (χ1v) is 33.4. The predicted octanol–water partition coefficient (Wildman–Crippen LogP) is 2.82. The highest BCUT2D eigenvalue weighted by Gasteiger charge is 2.21. The van der Waals surface area contributed by atoms with Crippen LogP contribution in [0.25, 0.3) is 0 Å². The highest BCUT2D eigenvalue weighted by molar-refractivity contribution is 5.83. The third-order valence-electron chi connectivity index (χ3n) is 14.9. The zero-order valence-corrected chi connectivity index (χ0v) is 58.1. The van der Waals surface area contributed by atoms with Gasteiger partial charge in [-0.2, -0.15) is 0 Å². The average Bonchev–Trinajstić information content (AvgIpc) is 3.64. The summed E-state index contributed by atoms with van der Waals surface area (Å²) in [7, 11) is 0. The Morgan fingerprint density at radius 1 is 0.333 bits per heavy atom. The summed E-state index contributed by atoms with van der Waals surface area (Å²) in [6.07, 6.45) is 3.68. The minimum absolute atomic E-state index is 0.102. The Hall–Kier alpha value is -3.84. The van der Waals surface area contributed by atoms with Gasteiger partial charge in [0.2, 0.25) is 23.6 Å². The summed E-state index contributed by atoms with van der Waals surface area (Å²) >= 11 is 0. The van der Waals surface area contributed by atoms with E-state index in [2.05, 4.69) is 69.4 Å². The van der Waals surface area contributed by atoms with E-state index in [1.54, 1.807) is 0 Å². The van der Waals surface area contributed by atoms with Crippen molar-refractivity contribution in [1.29, 1.82) is 0 Å². The number of hydrogen-bond acceptors (Lipinski definition) is 18. The Morgan fingerprint density at radius 2 is 0.644 bits per heavy atom. The molecule has 0 saturated carbocycles. The van der Waals surface area contributed by atoms with Gasteiger partial charge in [-0.15, -0.1) is 0 Å². The molecule has 87 heavy (non-hydrogen) atoms. The fraction of sp³-hybridized carbons (Fsp3) is 0.877. The lowest BCUT2D eigenvalue weighted by Gasteiger charge is -2.28. The van der Waals surface area contributed by atoms with Gasteiger partial charge in [0.15, 0.2) is 0 Å². The molecule has 6 aliphatic heterocycles. The summed E-state index contributed by atoms with van der Waals surface area (Å²) in [5.74, 6) is 4.37. The Morgan fingerprint density at radius 3 is 0.920 bits per heavy atom. The molecule has 22 nitrogen and oxygen atoms in total. The molecule has 0 aromatic heterocycles. The molecule has 0 atom stereocenters. The van der Waals surface area contributed by atoms with E-state index < -0.39 is 0 Å². The maximum absolute atomic E-state index is 11.6. The largest absolute Gasteiger partial charge is 0.340 e. The summed E-state index contributed by atoms with van der Waals surface area (Å²) in [6, 6.07) is 0. The van der Waals surface area contributed by atoms with E-state index in [1.165, 1.54) is 0 Å². The lowest BCUT2D eigenvalue weighted by Crippen LogP contribution is -2.47. The van der Waals surface area contributed by atoms with Crippen molar-refractivity contribution < 1.29 is 38.4 Å². The molecule has 6 heterocycles. The highest BCUT2D eigenvalue weighted by Crippen LogP contribution is 2.09. The van der Waals surface area contributed by atoms with Gasteiger partial charge in [0, 0.05) is 225 Å². The van der Waals surface area contributed by atoms with Crippen molar-refractivity contribution in [2.45, 2.75) is 143 Å². The second-order valence-electron chi connectivity index (χ2n) is 25.8. The highest BCUT2D eigenvalue weighted by atomic mass is 16.2. The maximum atomic E-state index is 11.6.